The molecule has 0 radical (unpaired) electrons. The van der Waals surface area contributed by atoms with Crippen LogP contribution in [0.4, 0.5) is 5.82 Å². The molecule has 3 aliphatic heterocycles. The first-order valence-corrected chi connectivity index (χ1v) is 15.5. The van der Waals surface area contributed by atoms with Gasteiger partial charge < -0.3 is 14.5 Å². The smallest absolute Gasteiger partial charge is 0.255 e. The summed E-state index contributed by atoms with van der Waals surface area (Å²) in [6, 6.07) is 15.1. The van der Waals surface area contributed by atoms with Crippen LogP contribution in [-0.4, -0.2) is 84.5 Å². The zero-order valence-electron chi connectivity index (χ0n) is 25.8. The van der Waals surface area contributed by atoms with Gasteiger partial charge in [0, 0.05) is 56.3 Å². The zero-order valence-corrected chi connectivity index (χ0v) is 25.8. The number of rotatable bonds is 8. The Labute approximate surface area is 266 Å². The van der Waals surface area contributed by atoms with Crippen LogP contribution in [0.5, 0.6) is 5.75 Å². The van der Waals surface area contributed by atoms with E-state index in [-0.39, 0.29) is 24.8 Å². The predicted molar refractivity (Wildman–Crippen MR) is 167 cm³/mol. The number of anilines is 1. The monoisotopic (exact) mass is 621 g/mol. The Morgan fingerprint density at radius 3 is 2.41 bits per heavy atom. The van der Waals surface area contributed by atoms with Gasteiger partial charge in [0.05, 0.1) is 6.54 Å². The van der Waals surface area contributed by atoms with E-state index >= 15 is 0 Å². The summed E-state index contributed by atoms with van der Waals surface area (Å²) in [5, 5.41) is 6.73. The predicted octanol–water partition coefficient (Wildman–Crippen LogP) is 2.34. The maximum atomic E-state index is 13.1. The minimum Gasteiger partial charge on any atom is -0.489 e. The molecule has 46 heavy (non-hydrogen) atoms. The van der Waals surface area contributed by atoms with Crippen LogP contribution >= 0.6 is 0 Å². The van der Waals surface area contributed by atoms with Crippen molar-refractivity contribution in [2.75, 3.05) is 31.1 Å². The van der Waals surface area contributed by atoms with E-state index in [0.29, 0.717) is 41.8 Å². The molecule has 4 aromatic rings. The normalized spacial score (nSPS) is 18.6. The van der Waals surface area contributed by atoms with Gasteiger partial charge in [-0.2, -0.15) is 5.10 Å². The number of nitrogens with zero attached hydrogens (tertiary/aromatic N) is 8. The van der Waals surface area contributed by atoms with Gasteiger partial charge in [0.1, 0.15) is 42.2 Å². The Bertz CT molecular complexity index is 1800. The quantitative estimate of drug-likeness (QED) is 0.292. The maximum absolute atomic E-state index is 13.1. The summed E-state index contributed by atoms with van der Waals surface area (Å²) in [5.41, 5.74) is 3.56. The van der Waals surface area contributed by atoms with Crippen LogP contribution in [0, 0.1) is 13.8 Å². The number of hydrogen-bond acceptors (Lipinski definition) is 10. The average Bonchev–Trinajstić information content (AvgIpc) is 3.64. The van der Waals surface area contributed by atoms with Gasteiger partial charge in [-0.1, -0.05) is 30.3 Å². The average molecular weight is 622 g/mol. The molecule has 236 valence electrons. The van der Waals surface area contributed by atoms with Gasteiger partial charge in [-0.25, -0.2) is 19.6 Å². The minimum atomic E-state index is -0.653. The summed E-state index contributed by atoms with van der Waals surface area (Å²) < 4.78 is 7.87. The highest BCUT2D eigenvalue weighted by atomic mass is 16.5. The lowest BCUT2D eigenvalue weighted by molar-refractivity contribution is -0.136. The molecule has 0 unspecified atom stereocenters. The van der Waals surface area contributed by atoms with Crippen molar-refractivity contribution < 1.29 is 19.1 Å². The van der Waals surface area contributed by atoms with E-state index in [1.54, 1.807) is 28.0 Å². The number of piperidine rings is 1. The molecule has 2 aromatic carbocycles. The van der Waals surface area contributed by atoms with Crippen molar-refractivity contribution in [1.29, 1.82) is 0 Å². The van der Waals surface area contributed by atoms with Gasteiger partial charge in [0.25, 0.3) is 5.91 Å². The molecule has 2 saturated heterocycles. The number of aromatic nitrogens is 5. The van der Waals surface area contributed by atoms with Crippen molar-refractivity contribution in [3.8, 4) is 11.6 Å². The zero-order chi connectivity index (χ0) is 31.8. The van der Waals surface area contributed by atoms with E-state index in [2.05, 4.69) is 59.4 Å². The molecule has 5 heterocycles. The summed E-state index contributed by atoms with van der Waals surface area (Å²) in [6.45, 7) is 8.80. The summed E-state index contributed by atoms with van der Waals surface area (Å²) in [4.78, 5) is 56.8. The van der Waals surface area contributed by atoms with Crippen LogP contribution in [0.15, 0.2) is 54.9 Å². The molecule has 2 aromatic heterocycles. The molecule has 13 nitrogen and oxygen atoms in total. The number of aryl methyl sites for hydroxylation is 2. The summed E-state index contributed by atoms with van der Waals surface area (Å²) in [7, 11) is 0. The number of benzene rings is 2. The fourth-order valence-electron chi connectivity index (χ4n) is 6.26. The van der Waals surface area contributed by atoms with Crippen LogP contribution in [0.3, 0.4) is 0 Å². The molecule has 3 aliphatic rings. The summed E-state index contributed by atoms with van der Waals surface area (Å²) >= 11 is 0. The highest BCUT2D eigenvalue weighted by molar-refractivity contribution is 6.05. The standard InChI is InChI=1S/C33H35N9O4/c1-21-34-20-42(38-21)30-16-29(35-22(2)36-30)40-14-12-39(13-15-40)17-23-6-8-24(9-7-23)19-46-28-5-3-4-25-26(28)18-41(33(25)45)27-10-11-31(43)37-32(27)44/h3-9,16,20,27H,10-15,17-19H2,1-2H3,(H,37,43,44)/t27-/m0/s1. The minimum absolute atomic E-state index is 0.209. The number of imide groups is 1. The van der Waals surface area contributed by atoms with Crippen LogP contribution in [0.1, 0.15) is 51.5 Å². The molecule has 1 atom stereocenters. The van der Waals surface area contributed by atoms with Gasteiger partial charge in [-0.05, 0) is 43.5 Å². The first-order chi connectivity index (χ1) is 22.3. The number of fused-ring (bicyclic) bond motifs is 1. The molecule has 13 heteroatoms. The van der Waals surface area contributed by atoms with Crippen molar-refractivity contribution in [3.63, 3.8) is 0 Å². The Balaban J connectivity index is 0.926. The highest BCUT2D eigenvalue weighted by Crippen LogP contribution is 2.34. The first kappa shape index (κ1) is 29.5. The third kappa shape index (κ3) is 6.05. The van der Waals surface area contributed by atoms with E-state index in [0.717, 1.165) is 49.7 Å². The van der Waals surface area contributed by atoms with Gasteiger partial charge >= 0.3 is 0 Å². The Kier molecular flexibility index (Phi) is 7.91. The molecular weight excluding hydrogens is 586 g/mol. The maximum Gasteiger partial charge on any atom is 0.255 e. The van der Waals surface area contributed by atoms with Gasteiger partial charge in [0.2, 0.25) is 11.8 Å². The molecule has 0 spiro atoms. The second-order valence-corrected chi connectivity index (χ2v) is 11.9. The number of hydrogen-bond donors (Lipinski definition) is 1. The van der Waals surface area contributed by atoms with Gasteiger partial charge in [0.15, 0.2) is 5.82 Å². The molecule has 3 amide bonds. The first-order valence-electron chi connectivity index (χ1n) is 15.5. The number of carbonyl (C=O) groups is 3. The Hall–Kier alpha value is -5.17. The lowest BCUT2D eigenvalue weighted by Gasteiger charge is -2.35. The van der Waals surface area contributed by atoms with E-state index in [4.69, 9.17) is 4.74 Å². The third-order valence-electron chi connectivity index (χ3n) is 8.71. The number of piperazine rings is 1. The largest absolute Gasteiger partial charge is 0.489 e. The van der Waals surface area contributed by atoms with Crippen molar-refractivity contribution in [2.45, 2.75) is 52.4 Å². The second kappa shape index (κ2) is 12.3. The number of ether oxygens (including phenoxy) is 1. The number of amides is 3. The molecule has 0 saturated carbocycles. The van der Waals surface area contributed by atoms with Crippen LogP contribution in [-0.2, 0) is 29.3 Å². The second-order valence-electron chi connectivity index (χ2n) is 11.9. The van der Waals surface area contributed by atoms with Crippen LogP contribution < -0.4 is 15.0 Å². The van der Waals surface area contributed by atoms with E-state index in [1.807, 2.05) is 26.0 Å². The third-order valence-corrected chi connectivity index (χ3v) is 8.71. The van der Waals surface area contributed by atoms with Gasteiger partial charge in [-0.3, -0.25) is 24.6 Å². The highest BCUT2D eigenvalue weighted by Gasteiger charge is 2.40. The Morgan fingerprint density at radius 2 is 1.67 bits per heavy atom. The molecular formula is C33H35N9O4. The number of nitrogens with one attached hydrogen (secondary N) is 1. The topological polar surface area (TPSA) is 139 Å². The van der Waals surface area contributed by atoms with Crippen molar-refractivity contribution in [2.24, 2.45) is 0 Å². The molecule has 2 fully saturated rings. The summed E-state index contributed by atoms with van der Waals surface area (Å²) in [6.07, 6.45) is 2.22. The van der Waals surface area contributed by atoms with Gasteiger partial charge in [-0.15, -0.1) is 0 Å². The van der Waals surface area contributed by atoms with Crippen molar-refractivity contribution in [3.05, 3.63) is 88.8 Å². The van der Waals surface area contributed by atoms with E-state index in [1.165, 1.54) is 5.56 Å². The van der Waals surface area contributed by atoms with E-state index in [9.17, 15) is 14.4 Å². The van der Waals surface area contributed by atoms with Crippen LogP contribution in [0.2, 0.25) is 0 Å². The molecule has 0 bridgehead atoms. The lowest BCUT2D eigenvalue weighted by Crippen LogP contribution is -2.52. The van der Waals surface area contributed by atoms with E-state index < -0.39 is 11.9 Å². The van der Waals surface area contributed by atoms with Crippen molar-refractivity contribution in [1.82, 2.24) is 39.8 Å². The lowest BCUT2D eigenvalue weighted by atomic mass is 10.0. The SMILES string of the molecule is Cc1nc(N2CCN(Cc3ccc(COc4cccc5c4CN([C@H]4CCC(=O)NC4=O)C5=O)cc3)CC2)cc(-n2cnc(C)n2)n1. The fourth-order valence-corrected chi connectivity index (χ4v) is 6.26. The molecule has 0 aliphatic carbocycles. The number of carbonyl (C=O) groups excluding carboxylic acids is 3. The molecule has 1 N–H and O–H groups in total. The Morgan fingerprint density at radius 1 is 0.913 bits per heavy atom. The van der Waals surface area contributed by atoms with Crippen LogP contribution in [0.25, 0.3) is 5.82 Å². The fraction of sp³-hybridized carbons (Fsp3) is 0.364. The summed E-state index contributed by atoms with van der Waals surface area (Å²) in [5.74, 6) is 2.71. The van der Waals surface area contributed by atoms with Crippen molar-refractivity contribution >= 4 is 23.5 Å². The molecule has 7 rings (SSSR count).